The quantitative estimate of drug-likeness (QED) is 0.596. The number of phenolic OH excluding ortho intramolecular Hbond substituents is 1. The fourth-order valence-electron chi connectivity index (χ4n) is 3.80. The van der Waals surface area contributed by atoms with Gasteiger partial charge in [-0.25, -0.2) is 0 Å². The van der Waals surface area contributed by atoms with Gasteiger partial charge in [-0.2, -0.15) is 0 Å². The van der Waals surface area contributed by atoms with Gasteiger partial charge >= 0.3 is 0 Å². The minimum absolute atomic E-state index is 0. The fraction of sp³-hybridized carbons (Fsp3) is 0.391. The second kappa shape index (κ2) is 11.7. The van der Waals surface area contributed by atoms with Crippen LogP contribution in [0, 0.1) is 0 Å². The number of hydrogen-bond donors (Lipinski definition) is 3. The summed E-state index contributed by atoms with van der Waals surface area (Å²) < 4.78 is 0. The summed E-state index contributed by atoms with van der Waals surface area (Å²) in [6, 6.07) is 15.8. The number of aromatic hydroxyl groups is 1. The lowest BCUT2D eigenvalue weighted by Gasteiger charge is -2.24. The monoisotopic (exact) mass is 431 g/mol. The highest BCUT2D eigenvalue weighted by Gasteiger charge is 2.31. The summed E-state index contributed by atoms with van der Waals surface area (Å²) in [7, 11) is 0. The predicted octanol–water partition coefficient (Wildman–Crippen LogP) is 2.42. The Morgan fingerprint density at radius 3 is 2.50 bits per heavy atom. The number of carbonyl (C=O) groups excluding carboxylic acids is 2. The molecule has 1 aliphatic rings. The lowest BCUT2D eigenvalue weighted by molar-refractivity contribution is -0.133. The van der Waals surface area contributed by atoms with E-state index in [0.717, 1.165) is 44.3 Å². The molecule has 0 aromatic heterocycles. The van der Waals surface area contributed by atoms with Crippen molar-refractivity contribution in [2.45, 2.75) is 44.2 Å². The first-order valence-electron chi connectivity index (χ1n) is 10.2. The number of phenols is 1. The summed E-state index contributed by atoms with van der Waals surface area (Å²) in [5.41, 5.74) is 8.10. The van der Waals surface area contributed by atoms with Crippen molar-refractivity contribution in [2.24, 2.45) is 5.73 Å². The molecule has 1 fully saturated rings. The molecular formula is C23H30ClN3O3. The van der Waals surface area contributed by atoms with Gasteiger partial charge in [0.2, 0.25) is 11.8 Å². The lowest BCUT2D eigenvalue weighted by Crippen LogP contribution is -2.50. The van der Waals surface area contributed by atoms with Crippen molar-refractivity contribution < 1.29 is 14.7 Å². The Morgan fingerprint density at radius 2 is 1.80 bits per heavy atom. The highest BCUT2D eigenvalue weighted by Crippen LogP contribution is 2.18. The number of nitrogens with two attached hydrogens (primary N) is 1. The Morgan fingerprint density at radius 1 is 1.10 bits per heavy atom. The van der Waals surface area contributed by atoms with Gasteiger partial charge in [-0.05, 0) is 68.5 Å². The lowest BCUT2D eigenvalue weighted by atomic mass is 10.1. The van der Waals surface area contributed by atoms with Gasteiger partial charge in [0.25, 0.3) is 0 Å². The van der Waals surface area contributed by atoms with Crippen LogP contribution in [0.5, 0.6) is 5.75 Å². The second-order valence-corrected chi connectivity index (χ2v) is 7.61. The molecule has 0 bridgehead atoms. The molecule has 0 spiro atoms. The molecule has 3 rings (SSSR count). The number of aryl methyl sites for hydroxylation is 1. The molecular weight excluding hydrogens is 402 g/mol. The van der Waals surface area contributed by atoms with Gasteiger partial charge in [0, 0.05) is 0 Å². The van der Waals surface area contributed by atoms with Crippen LogP contribution in [0.15, 0.2) is 54.6 Å². The summed E-state index contributed by atoms with van der Waals surface area (Å²) in [6.45, 7) is 1.71. The van der Waals surface area contributed by atoms with Crippen LogP contribution in [0.2, 0.25) is 0 Å². The zero-order valence-electron chi connectivity index (χ0n) is 17.0. The molecule has 7 heteroatoms. The maximum atomic E-state index is 12.6. The van der Waals surface area contributed by atoms with Crippen LogP contribution < -0.4 is 11.1 Å². The maximum absolute atomic E-state index is 12.6. The van der Waals surface area contributed by atoms with Crippen molar-refractivity contribution in [1.82, 2.24) is 10.2 Å². The van der Waals surface area contributed by atoms with Crippen LogP contribution in [0.3, 0.4) is 0 Å². The van der Waals surface area contributed by atoms with Gasteiger partial charge in [0.1, 0.15) is 5.75 Å². The Bertz CT molecular complexity index is 814. The zero-order chi connectivity index (χ0) is 20.6. The van der Waals surface area contributed by atoms with Crippen molar-refractivity contribution in [3.63, 3.8) is 0 Å². The van der Waals surface area contributed by atoms with Crippen molar-refractivity contribution >= 4 is 24.2 Å². The van der Waals surface area contributed by atoms with Crippen molar-refractivity contribution in [1.29, 1.82) is 0 Å². The van der Waals surface area contributed by atoms with Gasteiger partial charge in [-0.15, -0.1) is 12.4 Å². The smallest absolute Gasteiger partial charge is 0.243 e. The molecule has 0 saturated carbocycles. The van der Waals surface area contributed by atoms with Crippen LogP contribution in [0.4, 0.5) is 0 Å². The first kappa shape index (κ1) is 23.9. The van der Waals surface area contributed by atoms with E-state index in [9.17, 15) is 14.7 Å². The maximum Gasteiger partial charge on any atom is 0.243 e. The van der Waals surface area contributed by atoms with Gasteiger partial charge in [0.05, 0.1) is 12.1 Å². The molecule has 30 heavy (non-hydrogen) atoms. The number of halogens is 1. The number of hydrogen-bond acceptors (Lipinski definition) is 5. The number of imide groups is 1. The SMILES string of the molecule is Cl.N[C@@H](Cc1ccc(O)cc1)C(=O)NC(=O)[C@@H]1CCCN1CCCc1ccccc1. The number of likely N-dealkylation sites (tertiary alicyclic amines) is 1. The number of nitrogens with one attached hydrogen (secondary N) is 1. The molecule has 0 radical (unpaired) electrons. The number of carbonyl (C=O) groups is 2. The van der Waals surface area contributed by atoms with Crippen molar-refractivity contribution in [3.05, 3.63) is 65.7 Å². The number of amides is 2. The van der Waals surface area contributed by atoms with Crippen LogP contribution in [-0.4, -0.2) is 47.0 Å². The Labute approximate surface area is 183 Å². The largest absolute Gasteiger partial charge is 0.508 e. The van der Waals surface area contributed by atoms with E-state index in [-0.39, 0.29) is 30.1 Å². The van der Waals surface area contributed by atoms with Gasteiger partial charge < -0.3 is 10.8 Å². The molecule has 1 saturated heterocycles. The Hall–Kier alpha value is -2.41. The van der Waals surface area contributed by atoms with E-state index in [1.54, 1.807) is 24.3 Å². The van der Waals surface area contributed by atoms with Crippen molar-refractivity contribution in [3.8, 4) is 5.75 Å². The molecule has 6 nitrogen and oxygen atoms in total. The Kier molecular flexibility index (Phi) is 9.30. The highest BCUT2D eigenvalue weighted by atomic mass is 35.5. The first-order valence-corrected chi connectivity index (χ1v) is 10.2. The molecule has 2 atom stereocenters. The molecule has 4 N–H and O–H groups in total. The topological polar surface area (TPSA) is 95.7 Å². The van der Waals surface area contributed by atoms with Crippen LogP contribution >= 0.6 is 12.4 Å². The van der Waals surface area contributed by atoms with Crippen molar-refractivity contribution in [2.75, 3.05) is 13.1 Å². The van der Waals surface area contributed by atoms with Gasteiger partial charge in [-0.3, -0.25) is 19.8 Å². The zero-order valence-corrected chi connectivity index (χ0v) is 17.8. The summed E-state index contributed by atoms with van der Waals surface area (Å²) in [4.78, 5) is 27.2. The third kappa shape index (κ3) is 6.83. The fourth-order valence-corrected chi connectivity index (χ4v) is 3.80. The van der Waals surface area contributed by atoms with Gasteiger partial charge in [0.15, 0.2) is 0 Å². The highest BCUT2D eigenvalue weighted by molar-refractivity contribution is 6.00. The summed E-state index contributed by atoms with van der Waals surface area (Å²) in [6.07, 6.45) is 3.98. The van der Waals surface area contributed by atoms with E-state index in [1.807, 2.05) is 18.2 Å². The minimum atomic E-state index is -0.809. The minimum Gasteiger partial charge on any atom is -0.508 e. The summed E-state index contributed by atoms with van der Waals surface area (Å²) >= 11 is 0. The number of rotatable bonds is 8. The average molecular weight is 432 g/mol. The van der Waals surface area contributed by atoms with E-state index in [1.165, 1.54) is 5.56 Å². The van der Waals surface area contributed by atoms with E-state index in [2.05, 4.69) is 22.3 Å². The molecule has 2 aromatic carbocycles. The average Bonchev–Trinajstić information content (AvgIpc) is 3.19. The molecule has 2 amide bonds. The van der Waals surface area contributed by atoms with Gasteiger partial charge in [-0.1, -0.05) is 42.5 Å². The number of nitrogens with zero attached hydrogens (tertiary/aromatic N) is 1. The molecule has 1 heterocycles. The van der Waals surface area contributed by atoms with Crippen LogP contribution in [0.1, 0.15) is 30.4 Å². The van der Waals surface area contributed by atoms with E-state index in [0.29, 0.717) is 6.42 Å². The third-order valence-electron chi connectivity index (χ3n) is 5.40. The molecule has 162 valence electrons. The summed E-state index contributed by atoms with van der Waals surface area (Å²) in [5.74, 6) is -0.553. The van der Waals surface area contributed by atoms with E-state index >= 15 is 0 Å². The molecule has 2 aromatic rings. The third-order valence-corrected chi connectivity index (χ3v) is 5.40. The first-order chi connectivity index (χ1) is 14.0. The molecule has 0 aliphatic carbocycles. The van der Waals surface area contributed by atoms with Crippen LogP contribution in [0.25, 0.3) is 0 Å². The normalized spacial score (nSPS) is 17.2. The second-order valence-electron chi connectivity index (χ2n) is 7.61. The summed E-state index contributed by atoms with van der Waals surface area (Å²) in [5, 5.41) is 11.8. The predicted molar refractivity (Wildman–Crippen MR) is 120 cm³/mol. The standard InChI is InChI=1S/C23H29N3O3.ClH/c24-20(16-18-10-12-19(27)13-11-18)22(28)25-23(29)21-9-5-15-26(21)14-4-8-17-6-2-1-3-7-17;/h1-3,6-7,10-13,20-21,27H,4-5,8-9,14-16,24H2,(H,25,28,29);1H/t20-,21-;/m0./s1. The van der Waals surface area contributed by atoms with E-state index in [4.69, 9.17) is 5.73 Å². The van der Waals surface area contributed by atoms with E-state index < -0.39 is 11.9 Å². The molecule has 0 unspecified atom stereocenters. The molecule has 1 aliphatic heterocycles. The number of benzene rings is 2. The Balaban J connectivity index is 0.00000320. The van der Waals surface area contributed by atoms with Crippen LogP contribution in [-0.2, 0) is 22.4 Å².